The summed E-state index contributed by atoms with van der Waals surface area (Å²) in [7, 11) is 1.94. The van der Waals surface area contributed by atoms with Crippen molar-refractivity contribution >= 4 is 5.97 Å². The fourth-order valence-corrected chi connectivity index (χ4v) is 3.03. The Morgan fingerprint density at radius 3 is 2.95 bits per heavy atom. The number of nitrogens with zero attached hydrogens (tertiary/aromatic N) is 3. The summed E-state index contributed by atoms with van der Waals surface area (Å²) in [4.78, 5) is 13.8. The van der Waals surface area contributed by atoms with E-state index in [1.807, 2.05) is 17.8 Å². The van der Waals surface area contributed by atoms with Gasteiger partial charge in [0.25, 0.3) is 0 Å². The second-order valence-corrected chi connectivity index (χ2v) is 5.56. The summed E-state index contributed by atoms with van der Waals surface area (Å²) in [5.74, 6) is -0.627. The van der Waals surface area contributed by atoms with Crippen LogP contribution in [0.3, 0.4) is 0 Å². The Morgan fingerprint density at radius 2 is 2.37 bits per heavy atom. The Bertz CT molecular complexity index is 444. The van der Waals surface area contributed by atoms with Gasteiger partial charge in [0.1, 0.15) is 0 Å². The molecule has 0 radical (unpaired) electrons. The van der Waals surface area contributed by atoms with Gasteiger partial charge in [-0.2, -0.15) is 5.10 Å². The van der Waals surface area contributed by atoms with Gasteiger partial charge in [-0.3, -0.25) is 9.48 Å². The van der Waals surface area contributed by atoms with E-state index in [2.05, 4.69) is 16.9 Å². The van der Waals surface area contributed by atoms with E-state index in [0.717, 1.165) is 38.8 Å². The number of carboxylic acid groups (broad SMARTS) is 1. The maximum atomic E-state index is 11.5. The first-order valence-corrected chi connectivity index (χ1v) is 7.00. The molecule has 1 aliphatic rings. The molecule has 0 bridgehead atoms. The van der Waals surface area contributed by atoms with Crippen LogP contribution < -0.4 is 0 Å². The van der Waals surface area contributed by atoms with E-state index in [4.69, 9.17) is 0 Å². The van der Waals surface area contributed by atoms with E-state index >= 15 is 0 Å². The average molecular weight is 265 g/mol. The van der Waals surface area contributed by atoms with E-state index in [1.165, 1.54) is 5.69 Å². The molecule has 1 fully saturated rings. The fourth-order valence-electron chi connectivity index (χ4n) is 3.03. The van der Waals surface area contributed by atoms with Crippen molar-refractivity contribution in [3.63, 3.8) is 0 Å². The lowest BCUT2D eigenvalue weighted by atomic mass is 9.83. The van der Waals surface area contributed by atoms with Crippen molar-refractivity contribution in [1.82, 2.24) is 14.7 Å². The Morgan fingerprint density at radius 1 is 1.58 bits per heavy atom. The lowest BCUT2D eigenvalue weighted by Gasteiger charge is -2.24. The van der Waals surface area contributed by atoms with Gasteiger partial charge in [0.2, 0.25) is 0 Å². The summed E-state index contributed by atoms with van der Waals surface area (Å²) in [6, 6.07) is 2.02. The largest absolute Gasteiger partial charge is 0.481 e. The van der Waals surface area contributed by atoms with Crippen molar-refractivity contribution < 1.29 is 9.90 Å². The zero-order valence-electron chi connectivity index (χ0n) is 11.8. The molecule has 1 saturated heterocycles. The van der Waals surface area contributed by atoms with E-state index < -0.39 is 11.4 Å². The molecule has 106 valence electrons. The van der Waals surface area contributed by atoms with Gasteiger partial charge >= 0.3 is 5.97 Å². The van der Waals surface area contributed by atoms with Gasteiger partial charge < -0.3 is 10.0 Å². The highest BCUT2D eigenvalue weighted by molar-refractivity contribution is 5.75. The number of aliphatic carboxylic acids is 1. The molecule has 5 heteroatoms. The molecule has 0 saturated carbocycles. The van der Waals surface area contributed by atoms with Crippen LogP contribution in [0.15, 0.2) is 12.3 Å². The molecule has 0 aliphatic carbocycles. The van der Waals surface area contributed by atoms with Crippen molar-refractivity contribution in [2.75, 3.05) is 19.6 Å². The standard InChI is InChI=1S/C14H23N3O2/c1-3-6-14(13(18)19)7-10-17(11-14)9-5-12-4-8-15-16(12)2/h4,8H,3,5-7,9-11H2,1-2H3,(H,18,19). The van der Waals surface area contributed by atoms with Crippen LogP contribution in [0, 0.1) is 5.41 Å². The summed E-state index contributed by atoms with van der Waals surface area (Å²) in [5.41, 5.74) is 0.685. The SMILES string of the molecule is CCCC1(C(=O)O)CCN(CCc2ccnn2C)C1. The highest BCUT2D eigenvalue weighted by Crippen LogP contribution is 2.35. The lowest BCUT2D eigenvalue weighted by molar-refractivity contribution is -0.148. The molecule has 0 spiro atoms. The zero-order chi connectivity index (χ0) is 13.9. The van der Waals surface area contributed by atoms with Gasteiger partial charge in [0, 0.05) is 38.4 Å². The first-order valence-electron chi connectivity index (χ1n) is 7.00. The average Bonchev–Trinajstić information content (AvgIpc) is 2.95. The molecule has 0 aromatic carbocycles. The van der Waals surface area contributed by atoms with Gasteiger partial charge in [-0.05, 0) is 25.5 Å². The predicted molar refractivity (Wildman–Crippen MR) is 72.9 cm³/mol. The van der Waals surface area contributed by atoms with Crippen molar-refractivity contribution in [3.05, 3.63) is 18.0 Å². The first kappa shape index (κ1) is 14.1. The second kappa shape index (κ2) is 5.74. The Hall–Kier alpha value is -1.36. The van der Waals surface area contributed by atoms with Gasteiger partial charge in [-0.15, -0.1) is 0 Å². The molecule has 2 rings (SSSR count). The molecule has 1 aliphatic heterocycles. The normalized spacial score (nSPS) is 23.9. The van der Waals surface area contributed by atoms with Crippen molar-refractivity contribution in [3.8, 4) is 0 Å². The van der Waals surface area contributed by atoms with Crippen molar-refractivity contribution in [2.45, 2.75) is 32.6 Å². The zero-order valence-corrected chi connectivity index (χ0v) is 11.8. The second-order valence-electron chi connectivity index (χ2n) is 5.56. The van der Waals surface area contributed by atoms with Gasteiger partial charge in [-0.25, -0.2) is 0 Å². The quantitative estimate of drug-likeness (QED) is 0.847. The molecule has 1 atom stereocenters. The molecule has 1 aromatic heterocycles. The molecule has 1 aromatic rings. The van der Waals surface area contributed by atoms with Crippen LogP contribution in [0.1, 0.15) is 31.9 Å². The van der Waals surface area contributed by atoms with Gasteiger partial charge in [0.05, 0.1) is 5.41 Å². The third-order valence-electron chi connectivity index (χ3n) is 4.22. The molecular weight excluding hydrogens is 242 g/mol. The molecule has 1 N–H and O–H groups in total. The minimum Gasteiger partial charge on any atom is -0.481 e. The number of aryl methyl sites for hydroxylation is 1. The summed E-state index contributed by atoms with van der Waals surface area (Å²) < 4.78 is 1.88. The van der Waals surface area contributed by atoms with Crippen LogP contribution in [-0.4, -0.2) is 45.4 Å². The number of hydrogen-bond acceptors (Lipinski definition) is 3. The minimum atomic E-state index is -0.627. The van der Waals surface area contributed by atoms with Gasteiger partial charge in [-0.1, -0.05) is 13.3 Å². The number of rotatable bonds is 6. The summed E-state index contributed by atoms with van der Waals surface area (Å²) in [5, 5.41) is 13.6. The maximum absolute atomic E-state index is 11.5. The summed E-state index contributed by atoms with van der Waals surface area (Å²) in [6.07, 6.45) is 5.23. The Balaban J connectivity index is 1.91. The first-order chi connectivity index (χ1) is 9.07. The number of hydrogen-bond donors (Lipinski definition) is 1. The monoisotopic (exact) mass is 265 g/mol. The summed E-state index contributed by atoms with van der Waals surface area (Å²) >= 11 is 0. The molecule has 1 unspecified atom stereocenters. The van der Waals surface area contributed by atoms with E-state index in [9.17, 15) is 9.90 Å². The lowest BCUT2D eigenvalue weighted by Crippen LogP contribution is -2.35. The third kappa shape index (κ3) is 2.97. The fraction of sp³-hybridized carbons (Fsp3) is 0.714. The van der Waals surface area contributed by atoms with Crippen LogP contribution in [0.2, 0.25) is 0 Å². The maximum Gasteiger partial charge on any atom is 0.310 e. The molecule has 19 heavy (non-hydrogen) atoms. The van der Waals surface area contributed by atoms with Crippen molar-refractivity contribution in [1.29, 1.82) is 0 Å². The number of aromatic nitrogens is 2. The van der Waals surface area contributed by atoms with Crippen LogP contribution in [0.4, 0.5) is 0 Å². The van der Waals surface area contributed by atoms with Crippen LogP contribution in [0.5, 0.6) is 0 Å². The molecule has 2 heterocycles. The Labute approximate surface area is 114 Å². The van der Waals surface area contributed by atoms with E-state index in [-0.39, 0.29) is 0 Å². The predicted octanol–water partition coefficient (Wildman–Crippen LogP) is 1.54. The topological polar surface area (TPSA) is 58.4 Å². The van der Waals surface area contributed by atoms with Crippen LogP contribution in [0.25, 0.3) is 0 Å². The minimum absolute atomic E-state index is 0.513. The number of likely N-dealkylation sites (tertiary alicyclic amines) is 1. The molecule has 5 nitrogen and oxygen atoms in total. The molecule has 0 amide bonds. The number of carboxylic acids is 1. The highest BCUT2D eigenvalue weighted by Gasteiger charge is 2.43. The Kier molecular flexibility index (Phi) is 4.24. The van der Waals surface area contributed by atoms with E-state index in [1.54, 1.807) is 6.20 Å². The highest BCUT2D eigenvalue weighted by atomic mass is 16.4. The van der Waals surface area contributed by atoms with E-state index in [0.29, 0.717) is 6.54 Å². The van der Waals surface area contributed by atoms with Crippen molar-refractivity contribution in [2.24, 2.45) is 12.5 Å². The smallest absolute Gasteiger partial charge is 0.310 e. The number of carbonyl (C=O) groups is 1. The summed E-state index contributed by atoms with van der Waals surface area (Å²) in [6.45, 7) is 4.56. The van der Waals surface area contributed by atoms with Crippen LogP contribution in [-0.2, 0) is 18.3 Å². The van der Waals surface area contributed by atoms with Gasteiger partial charge in [0.15, 0.2) is 0 Å². The molecular formula is C14H23N3O2. The van der Waals surface area contributed by atoms with Crippen LogP contribution >= 0.6 is 0 Å². The third-order valence-corrected chi connectivity index (χ3v) is 4.22.